The van der Waals surface area contributed by atoms with Gasteiger partial charge < -0.3 is 4.42 Å². The van der Waals surface area contributed by atoms with E-state index in [1.165, 1.54) is 21.1 Å². The van der Waals surface area contributed by atoms with Gasteiger partial charge in [0, 0.05) is 39.5 Å². The van der Waals surface area contributed by atoms with E-state index >= 15 is 0 Å². The molecule has 0 aliphatic rings. The lowest BCUT2D eigenvalue weighted by Gasteiger charge is -1.96. The van der Waals surface area contributed by atoms with E-state index in [1.54, 1.807) is 12.4 Å². The van der Waals surface area contributed by atoms with Gasteiger partial charge in [-0.3, -0.25) is 10.2 Å². The first kappa shape index (κ1) is 29.4. The summed E-state index contributed by atoms with van der Waals surface area (Å²) in [6.45, 7) is 21.3. The minimum Gasteiger partial charge on any atom is -0.466 e. The Hall–Kier alpha value is -2.60. The molecule has 0 saturated heterocycles. The number of nitrogens with one attached hydrogen (secondary N) is 2. The van der Waals surface area contributed by atoms with E-state index in [2.05, 4.69) is 94.8 Å². The number of rotatable bonds is 4. The zero-order chi connectivity index (χ0) is 25.7. The number of nitrogens with zero attached hydrogens (tertiary/aromatic N) is 2. The van der Waals surface area contributed by atoms with Gasteiger partial charge in [0.25, 0.3) is 0 Å². The first-order valence-electron chi connectivity index (χ1n) is 12.1. The van der Waals surface area contributed by atoms with Crippen LogP contribution in [-0.2, 0) is 0 Å². The average Bonchev–Trinajstić information content (AvgIpc) is 3.55. The predicted molar refractivity (Wildman–Crippen MR) is 146 cm³/mol. The van der Waals surface area contributed by atoms with Crippen LogP contribution < -0.4 is 0 Å². The molecule has 0 aromatic carbocycles. The summed E-state index contributed by atoms with van der Waals surface area (Å²) in [6, 6.07) is 12.4. The molecule has 4 heterocycles. The lowest BCUT2D eigenvalue weighted by molar-refractivity contribution is 0.463. The summed E-state index contributed by atoms with van der Waals surface area (Å²) < 4.78 is 5.34. The summed E-state index contributed by atoms with van der Waals surface area (Å²) >= 11 is 1.90. The summed E-state index contributed by atoms with van der Waals surface area (Å²) in [5.41, 5.74) is 2.40. The highest BCUT2D eigenvalue weighted by molar-refractivity contribution is 7.12. The predicted octanol–water partition coefficient (Wildman–Crippen LogP) is 8.96. The van der Waals surface area contributed by atoms with Gasteiger partial charge in [-0.2, -0.15) is 10.2 Å². The Balaban J connectivity index is 0.000000227. The molecule has 0 aliphatic carbocycles. The quantitative estimate of drug-likeness (QED) is 0.304. The molecule has 0 amide bonds. The number of hydrogen-bond acceptors (Lipinski definition) is 4. The van der Waals surface area contributed by atoms with Crippen molar-refractivity contribution < 1.29 is 4.42 Å². The van der Waals surface area contributed by atoms with Crippen LogP contribution in [-0.4, -0.2) is 20.4 Å². The van der Waals surface area contributed by atoms with E-state index in [0.717, 1.165) is 11.5 Å². The van der Waals surface area contributed by atoms with Crippen LogP contribution in [0.25, 0.3) is 0 Å². The average molecular weight is 485 g/mol. The maximum Gasteiger partial charge on any atom is 0.106 e. The van der Waals surface area contributed by atoms with Crippen molar-refractivity contribution in [2.75, 3.05) is 0 Å². The van der Waals surface area contributed by atoms with Crippen molar-refractivity contribution in [2.24, 2.45) is 0 Å². The third kappa shape index (κ3) is 11.5. The fourth-order valence-corrected chi connectivity index (χ4v) is 3.58. The third-order valence-corrected chi connectivity index (χ3v) is 6.25. The molecule has 0 unspecified atom stereocenters. The highest BCUT2D eigenvalue weighted by Gasteiger charge is 2.01. The third-order valence-electron chi connectivity index (χ3n) is 4.95. The van der Waals surface area contributed by atoms with Gasteiger partial charge in [0.05, 0.1) is 0 Å². The van der Waals surface area contributed by atoms with E-state index in [1.807, 2.05) is 42.5 Å². The fourth-order valence-electron chi connectivity index (χ4n) is 2.70. The Morgan fingerprint density at radius 2 is 1.18 bits per heavy atom. The second-order valence-corrected chi connectivity index (χ2v) is 10.9. The molecule has 4 rings (SSSR count). The van der Waals surface area contributed by atoms with Crippen LogP contribution in [0.3, 0.4) is 0 Å². The van der Waals surface area contributed by atoms with Gasteiger partial charge in [0.1, 0.15) is 11.5 Å². The maximum atomic E-state index is 5.34. The van der Waals surface area contributed by atoms with Gasteiger partial charge in [-0.25, -0.2) is 0 Å². The molecule has 6 heteroatoms. The van der Waals surface area contributed by atoms with E-state index in [4.69, 9.17) is 4.42 Å². The van der Waals surface area contributed by atoms with Crippen LogP contribution in [0.4, 0.5) is 0 Å². The van der Waals surface area contributed by atoms with Gasteiger partial charge in [-0.05, 0) is 68.0 Å². The number of hydrogen-bond donors (Lipinski definition) is 2. The van der Waals surface area contributed by atoms with Crippen molar-refractivity contribution in [3.05, 3.63) is 81.5 Å². The fraction of sp³-hybridized carbons (Fsp3) is 0.500. The molecule has 2 N–H and O–H groups in total. The van der Waals surface area contributed by atoms with E-state index in [9.17, 15) is 0 Å². The van der Waals surface area contributed by atoms with E-state index in [0.29, 0.717) is 23.7 Å². The second kappa shape index (κ2) is 15.3. The van der Waals surface area contributed by atoms with Gasteiger partial charge in [0.2, 0.25) is 0 Å². The Morgan fingerprint density at radius 1 is 0.647 bits per heavy atom. The van der Waals surface area contributed by atoms with Crippen molar-refractivity contribution in [3.63, 3.8) is 0 Å². The topological polar surface area (TPSA) is 70.5 Å². The summed E-state index contributed by atoms with van der Waals surface area (Å²) in [4.78, 5) is 2.91. The highest BCUT2D eigenvalue weighted by Crippen LogP contribution is 2.23. The van der Waals surface area contributed by atoms with Crippen LogP contribution in [0, 0.1) is 13.8 Å². The molecular formula is C28H44N4OS. The Labute approximate surface area is 210 Å². The molecule has 0 atom stereocenters. The largest absolute Gasteiger partial charge is 0.466 e. The molecule has 0 radical (unpaired) electrons. The maximum absolute atomic E-state index is 5.34. The first-order valence-corrected chi connectivity index (χ1v) is 12.9. The van der Waals surface area contributed by atoms with Crippen molar-refractivity contribution in [1.29, 1.82) is 0 Å². The smallest absolute Gasteiger partial charge is 0.106 e. The number of aryl methyl sites for hydroxylation is 2. The molecule has 0 bridgehead atoms. The minimum absolute atomic E-state index is 0.513. The molecule has 4 aromatic heterocycles. The van der Waals surface area contributed by atoms with Crippen LogP contribution in [0.2, 0.25) is 0 Å². The van der Waals surface area contributed by atoms with E-state index in [-0.39, 0.29) is 0 Å². The monoisotopic (exact) mass is 484 g/mol. The van der Waals surface area contributed by atoms with Crippen molar-refractivity contribution in [2.45, 2.75) is 92.9 Å². The standard InChI is InChI=1S/C8H12O.C8H12S.2C6H10N2/c2*1-6(2)8-5-4-7(3)9-8;2*1-5(2)6-3-4-7-8-6/h2*4-6H,1-3H3;2*3-5H,1-2H3,(H,7,8). The minimum atomic E-state index is 0.513. The Kier molecular flexibility index (Phi) is 13.3. The normalized spacial score (nSPS) is 10.5. The van der Waals surface area contributed by atoms with Gasteiger partial charge in [-0.1, -0.05) is 55.4 Å². The lowest BCUT2D eigenvalue weighted by atomic mass is 10.1. The first-order chi connectivity index (χ1) is 16.0. The van der Waals surface area contributed by atoms with Crippen LogP contribution in [0.15, 0.2) is 53.2 Å². The van der Waals surface area contributed by atoms with Crippen LogP contribution in [0.5, 0.6) is 0 Å². The van der Waals surface area contributed by atoms with Crippen LogP contribution in [0.1, 0.15) is 112 Å². The van der Waals surface area contributed by atoms with Crippen LogP contribution >= 0.6 is 11.3 Å². The second-order valence-electron chi connectivity index (χ2n) is 9.54. The lowest BCUT2D eigenvalue weighted by Crippen LogP contribution is -1.85. The van der Waals surface area contributed by atoms with Crippen molar-refractivity contribution in [3.8, 4) is 0 Å². The molecular weight excluding hydrogens is 440 g/mol. The zero-order valence-electron chi connectivity index (χ0n) is 22.6. The molecule has 0 fully saturated rings. The van der Waals surface area contributed by atoms with Gasteiger partial charge in [0.15, 0.2) is 0 Å². The molecule has 0 saturated carbocycles. The molecule has 0 aliphatic heterocycles. The molecule has 4 aromatic rings. The Bertz CT molecular complexity index is 911. The highest BCUT2D eigenvalue weighted by atomic mass is 32.1. The number of H-pyrrole nitrogens is 2. The van der Waals surface area contributed by atoms with E-state index < -0.39 is 0 Å². The number of furan rings is 1. The summed E-state index contributed by atoms with van der Waals surface area (Å²) in [5.74, 6) is 4.42. The molecule has 188 valence electrons. The molecule has 5 nitrogen and oxygen atoms in total. The summed E-state index contributed by atoms with van der Waals surface area (Å²) in [5, 5.41) is 13.4. The van der Waals surface area contributed by atoms with Crippen molar-refractivity contribution in [1.82, 2.24) is 20.4 Å². The molecule has 0 spiro atoms. The van der Waals surface area contributed by atoms with Gasteiger partial charge in [-0.15, -0.1) is 11.3 Å². The summed E-state index contributed by atoms with van der Waals surface area (Å²) in [6.07, 6.45) is 3.55. The number of aromatic nitrogens is 4. The SMILES string of the molecule is CC(C)c1ccn[nH]1.CC(C)c1ccn[nH]1.Cc1ccc(C(C)C)o1.Cc1ccc(C(C)C)s1. The number of thiophene rings is 1. The van der Waals surface area contributed by atoms with Gasteiger partial charge >= 0.3 is 0 Å². The zero-order valence-corrected chi connectivity index (χ0v) is 23.5. The Morgan fingerprint density at radius 3 is 1.35 bits per heavy atom. The molecule has 34 heavy (non-hydrogen) atoms. The summed E-state index contributed by atoms with van der Waals surface area (Å²) in [7, 11) is 0. The van der Waals surface area contributed by atoms with Crippen molar-refractivity contribution >= 4 is 11.3 Å². The number of aromatic amines is 2.